The Morgan fingerprint density at radius 3 is 1.67 bits per heavy atom. The standard InChI is InChI=1S/C47H29NS/c1-3-14-30(15-4-1)48(31-16-5-2-6-17-31)43-27-26-35-37-29-45-38(34-20-9-12-25-44(34)49-45)28-42(37)47(41-24-13-21-36(43)46(35)41)39-22-10-7-18-32(39)33-19-8-11-23-40(33)47/h1-29H. The Balaban J connectivity index is 1.32. The van der Waals surface area contributed by atoms with Crippen molar-refractivity contribution in [2.24, 2.45) is 0 Å². The predicted octanol–water partition coefficient (Wildman–Crippen LogP) is 13.0. The third kappa shape index (κ3) is 3.54. The summed E-state index contributed by atoms with van der Waals surface area (Å²) in [6, 6.07) is 65.4. The van der Waals surface area contributed by atoms with E-state index < -0.39 is 5.41 Å². The Kier molecular flexibility index (Phi) is 5.53. The summed E-state index contributed by atoms with van der Waals surface area (Å²) in [4.78, 5) is 2.41. The summed E-state index contributed by atoms with van der Waals surface area (Å²) in [5, 5.41) is 5.26. The first-order valence-corrected chi connectivity index (χ1v) is 17.8. The Morgan fingerprint density at radius 1 is 0.367 bits per heavy atom. The molecule has 2 aliphatic carbocycles. The molecule has 1 aromatic heterocycles. The molecule has 0 bridgehead atoms. The summed E-state index contributed by atoms with van der Waals surface area (Å²) in [5.74, 6) is 0. The van der Waals surface area contributed by atoms with Crippen molar-refractivity contribution in [2.45, 2.75) is 5.41 Å². The Bertz CT molecular complexity index is 2690. The van der Waals surface area contributed by atoms with Crippen LogP contribution in [0.1, 0.15) is 22.3 Å². The van der Waals surface area contributed by atoms with Crippen LogP contribution in [0.25, 0.3) is 53.2 Å². The monoisotopic (exact) mass is 639 g/mol. The first-order chi connectivity index (χ1) is 24.3. The van der Waals surface area contributed by atoms with Crippen molar-refractivity contribution in [1.29, 1.82) is 0 Å². The fourth-order valence-corrected chi connectivity index (χ4v) is 10.1. The molecule has 0 saturated carbocycles. The molecule has 0 saturated heterocycles. The van der Waals surface area contributed by atoms with Gasteiger partial charge in [-0.15, -0.1) is 11.3 Å². The van der Waals surface area contributed by atoms with Gasteiger partial charge < -0.3 is 4.90 Å². The minimum atomic E-state index is -0.463. The van der Waals surface area contributed by atoms with Crippen LogP contribution in [-0.2, 0) is 5.41 Å². The fraction of sp³-hybridized carbons (Fsp3) is 0.0213. The average molecular weight is 640 g/mol. The van der Waals surface area contributed by atoms with E-state index in [0.29, 0.717) is 0 Å². The largest absolute Gasteiger partial charge is 0.310 e. The van der Waals surface area contributed by atoms with E-state index >= 15 is 0 Å². The number of thiophene rings is 1. The van der Waals surface area contributed by atoms with Crippen LogP contribution in [0.15, 0.2) is 176 Å². The molecule has 49 heavy (non-hydrogen) atoms. The van der Waals surface area contributed by atoms with Crippen LogP contribution in [0.4, 0.5) is 17.1 Å². The van der Waals surface area contributed by atoms with E-state index in [4.69, 9.17) is 0 Å². The highest BCUT2D eigenvalue weighted by Gasteiger charge is 2.50. The van der Waals surface area contributed by atoms with Crippen LogP contribution in [0.2, 0.25) is 0 Å². The molecule has 2 aliphatic rings. The second-order valence-corrected chi connectivity index (χ2v) is 14.3. The summed E-state index contributed by atoms with van der Waals surface area (Å²) >= 11 is 1.90. The molecule has 0 aliphatic heterocycles. The summed E-state index contributed by atoms with van der Waals surface area (Å²) < 4.78 is 2.67. The minimum Gasteiger partial charge on any atom is -0.310 e. The molecule has 0 fully saturated rings. The number of anilines is 3. The van der Waals surface area contributed by atoms with Crippen molar-refractivity contribution in [1.82, 2.24) is 0 Å². The highest BCUT2D eigenvalue weighted by atomic mass is 32.1. The number of rotatable bonds is 3. The second kappa shape index (κ2) is 10.0. The molecular formula is C47H29NS. The zero-order valence-corrected chi connectivity index (χ0v) is 27.4. The number of benzene rings is 8. The predicted molar refractivity (Wildman–Crippen MR) is 208 cm³/mol. The van der Waals surface area contributed by atoms with Gasteiger partial charge in [-0.05, 0) is 98.4 Å². The summed E-state index contributed by atoms with van der Waals surface area (Å²) in [7, 11) is 0. The van der Waals surface area contributed by atoms with E-state index in [9.17, 15) is 0 Å². The average Bonchev–Trinajstić information content (AvgIpc) is 3.68. The van der Waals surface area contributed by atoms with E-state index in [1.54, 1.807) is 0 Å². The molecule has 228 valence electrons. The van der Waals surface area contributed by atoms with Crippen molar-refractivity contribution < 1.29 is 0 Å². The van der Waals surface area contributed by atoms with E-state index in [0.717, 1.165) is 11.4 Å². The van der Waals surface area contributed by atoms with Gasteiger partial charge in [-0.3, -0.25) is 0 Å². The van der Waals surface area contributed by atoms with Gasteiger partial charge in [0.1, 0.15) is 0 Å². The highest BCUT2D eigenvalue weighted by Crippen LogP contribution is 2.63. The van der Waals surface area contributed by atoms with Gasteiger partial charge >= 0.3 is 0 Å². The third-order valence-corrected chi connectivity index (χ3v) is 12.0. The zero-order valence-electron chi connectivity index (χ0n) is 26.6. The molecule has 1 spiro atoms. The van der Waals surface area contributed by atoms with Gasteiger partial charge in [0, 0.05) is 36.9 Å². The molecule has 1 heterocycles. The van der Waals surface area contributed by atoms with E-state index in [1.165, 1.54) is 81.1 Å². The van der Waals surface area contributed by atoms with Gasteiger partial charge in [0.15, 0.2) is 0 Å². The van der Waals surface area contributed by atoms with E-state index in [1.807, 2.05) is 11.3 Å². The van der Waals surface area contributed by atoms with Gasteiger partial charge in [-0.1, -0.05) is 127 Å². The van der Waals surface area contributed by atoms with Crippen molar-refractivity contribution in [3.05, 3.63) is 198 Å². The van der Waals surface area contributed by atoms with Gasteiger partial charge in [0.25, 0.3) is 0 Å². The molecule has 0 radical (unpaired) electrons. The number of nitrogens with zero attached hydrogens (tertiary/aromatic N) is 1. The maximum absolute atomic E-state index is 2.54. The van der Waals surface area contributed by atoms with Crippen LogP contribution in [-0.4, -0.2) is 0 Å². The molecule has 11 rings (SSSR count). The topological polar surface area (TPSA) is 3.24 Å². The van der Waals surface area contributed by atoms with Gasteiger partial charge in [0.05, 0.1) is 11.1 Å². The summed E-state index contributed by atoms with van der Waals surface area (Å²) in [5.41, 5.74) is 13.7. The normalized spacial score (nSPS) is 13.5. The quantitative estimate of drug-likeness (QED) is 0.186. The smallest absolute Gasteiger partial charge is 0.0726 e. The SMILES string of the molecule is c1ccc(N(c2ccccc2)c2ccc3c4c(cccc24)C2(c4ccccc4-c4ccccc42)c2cc4c(cc2-3)sc2ccccc24)cc1. The maximum Gasteiger partial charge on any atom is 0.0726 e. The molecule has 1 nitrogen and oxygen atoms in total. The van der Waals surface area contributed by atoms with E-state index in [-0.39, 0.29) is 0 Å². The fourth-order valence-electron chi connectivity index (χ4n) is 8.97. The first-order valence-electron chi connectivity index (χ1n) is 16.9. The van der Waals surface area contributed by atoms with Crippen LogP contribution in [0.3, 0.4) is 0 Å². The molecule has 8 aromatic carbocycles. The van der Waals surface area contributed by atoms with Crippen LogP contribution >= 0.6 is 11.3 Å². The van der Waals surface area contributed by atoms with Crippen LogP contribution in [0.5, 0.6) is 0 Å². The van der Waals surface area contributed by atoms with Crippen LogP contribution in [0, 0.1) is 0 Å². The molecule has 0 unspecified atom stereocenters. The molecular weight excluding hydrogens is 611 g/mol. The lowest BCUT2D eigenvalue weighted by Crippen LogP contribution is -2.32. The first kappa shape index (κ1) is 27.0. The van der Waals surface area contributed by atoms with Gasteiger partial charge in [0.2, 0.25) is 0 Å². The van der Waals surface area contributed by atoms with Gasteiger partial charge in [-0.25, -0.2) is 0 Å². The molecule has 0 amide bonds. The third-order valence-electron chi connectivity index (χ3n) is 10.9. The molecule has 2 heteroatoms. The number of para-hydroxylation sites is 2. The molecule has 9 aromatic rings. The second-order valence-electron chi connectivity index (χ2n) is 13.2. The van der Waals surface area contributed by atoms with Crippen LogP contribution < -0.4 is 4.90 Å². The minimum absolute atomic E-state index is 0.463. The number of fused-ring (bicyclic) bond motifs is 12. The Hall–Kier alpha value is -5.96. The van der Waals surface area contributed by atoms with Crippen molar-refractivity contribution >= 4 is 59.3 Å². The highest BCUT2D eigenvalue weighted by molar-refractivity contribution is 7.25. The van der Waals surface area contributed by atoms with Crippen molar-refractivity contribution in [3.8, 4) is 22.3 Å². The van der Waals surface area contributed by atoms with Crippen molar-refractivity contribution in [2.75, 3.05) is 4.90 Å². The molecule has 0 atom stereocenters. The maximum atomic E-state index is 2.54. The lowest BCUT2D eigenvalue weighted by Gasteiger charge is -2.40. The lowest BCUT2D eigenvalue weighted by atomic mass is 9.61. The Morgan fingerprint density at radius 2 is 0.959 bits per heavy atom. The Labute approximate surface area is 289 Å². The summed E-state index contributed by atoms with van der Waals surface area (Å²) in [6.07, 6.45) is 0. The number of hydrogen-bond donors (Lipinski definition) is 0. The van der Waals surface area contributed by atoms with E-state index in [2.05, 4.69) is 181 Å². The summed E-state index contributed by atoms with van der Waals surface area (Å²) in [6.45, 7) is 0. The van der Waals surface area contributed by atoms with Gasteiger partial charge in [-0.2, -0.15) is 0 Å². The molecule has 0 N–H and O–H groups in total. The number of hydrogen-bond acceptors (Lipinski definition) is 2. The van der Waals surface area contributed by atoms with Crippen molar-refractivity contribution in [3.63, 3.8) is 0 Å². The lowest BCUT2D eigenvalue weighted by molar-refractivity contribution is 0.775. The zero-order chi connectivity index (χ0) is 32.1.